The fraction of sp³-hybridized carbons (Fsp3) is 0.348. The van der Waals surface area contributed by atoms with Crippen LogP contribution < -0.4 is 9.64 Å². The number of aromatic nitrogens is 2. The number of piperidine rings is 1. The lowest BCUT2D eigenvalue weighted by Gasteiger charge is -2.27. The van der Waals surface area contributed by atoms with Crippen molar-refractivity contribution in [1.29, 1.82) is 0 Å². The molecule has 0 N–H and O–H groups in total. The normalized spacial score (nSPS) is 16.5. The summed E-state index contributed by atoms with van der Waals surface area (Å²) in [5.41, 5.74) is 3.48. The Morgan fingerprint density at radius 2 is 1.94 bits per heavy atom. The highest BCUT2D eigenvalue weighted by molar-refractivity contribution is 7.14. The van der Waals surface area contributed by atoms with Crippen molar-refractivity contribution in [2.75, 3.05) is 25.1 Å². The van der Waals surface area contributed by atoms with Crippen LogP contribution >= 0.6 is 11.3 Å². The van der Waals surface area contributed by atoms with E-state index in [0.29, 0.717) is 25.2 Å². The molecule has 0 aliphatic carbocycles. The Morgan fingerprint density at radius 1 is 1.10 bits per heavy atom. The van der Waals surface area contributed by atoms with Crippen LogP contribution in [0, 0.1) is 0 Å². The van der Waals surface area contributed by atoms with Crippen LogP contribution in [0.5, 0.6) is 5.75 Å². The molecule has 0 saturated carbocycles. The Morgan fingerprint density at radius 3 is 2.71 bits per heavy atom. The number of thiophene rings is 1. The lowest BCUT2D eigenvalue weighted by Crippen LogP contribution is -2.38. The third-order valence-corrected chi connectivity index (χ3v) is 6.92. The number of amides is 2. The molecule has 1 aromatic carbocycles. The maximum atomic E-state index is 13.4. The van der Waals surface area contributed by atoms with E-state index in [2.05, 4.69) is 10.5 Å². The number of anilines is 1. The largest absolute Gasteiger partial charge is 0.497 e. The number of carbonyl (C=O) groups is 2. The van der Waals surface area contributed by atoms with Gasteiger partial charge in [-0.25, -0.2) is 4.68 Å². The molecule has 3 aromatic rings. The molecule has 31 heavy (non-hydrogen) atoms. The van der Waals surface area contributed by atoms with E-state index < -0.39 is 0 Å². The molecule has 4 heterocycles. The van der Waals surface area contributed by atoms with Crippen LogP contribution in [0.2, 0.25) is 0 Å². The molecule has 7 nitrogen and oxygen atoms in total. The van der Waals surface area contributed by atoms with E-state index in [1.165, 1.54) is 0 Å². The predicted molar refractivity (Wildman–Crippen MR) is 119 cm³/mol. The number of methoxy groups -OCH3 is 1. The summed E-state index contributed by atoms with van der Waals surface area (Å²) in [5, 5.41) is 7.45. The molecule has 0 atom stereocenters. The van der Waals surface area contributed by atoms with Crippen molar-refractivity contribution in [2.24, 2.45) is 0 Å². The van der Waals surface area contributed by atoms with E-state index in [0.717, 1.165) is 53.4 Å². The van der Waals surface area contributed by atoms with Gasteiger partial charge in [0.05, 0.1) is 24.0 Å². The standard InChI is InChI=1S/C23H24N4O3S/c1-30-19-7-5-18(6-8-19)27-22-17(13-24-27)9-11-26(23(22)29)21-12-16(15-31-21)14-25-10-3-2-4-20(25)28/h5-8,12-13,15H,2-4,9-11,14H2,1H3. The van der Waals surface area contributed by atoms with Gasteiger partial charge in [-0.05, 0) is 60.5 Å². The van der Waals surface area contributed by atoms with Gasteiger partial charge in [-0.1, -0.05) is 0 Å². The number of likely N-dealkylation sites (tertiary alicyclic amines) is 1. The fourth-order valence-corrected chi connectivity index (χ4v) is 5.16. The summed E-state index contributed by atoms with van der Waals surface area (Å²) < 4.78 is 6.94. The zero-order chi connectivity index (χ0) is 21.4. The summed E-state index contributed by atoms with van der Waals surface area (Å²) in [6.07, 6.45) is 5.23. The molecule has 8 heteroatoms. The first-order valence-electron chi connectivity index (χ1n) is 10.5. The van der Waals surface area contributed by atoms with Crippen molar-refractivity contribution in [3.05, 3.63) is 58.7 Å². The van der Waals surface area contributed by atoms with Gasteiger partial charge in [0, 0.05) is 31.6 Å². The zero-order valence-electron chi connectivity index (χ0n) is 17.4. The SMILES string of the molecule is COc1ccc(-n2ncc3c2C(=O)N(c2cc(CN4CCCCC4=O)cs2)CC3)cc1. The second kappa shape index (κ2) is 8.19. The highest BCUT2D eigenvalue weighted by Gasteiger charge is 2.31. The van der Waals surface area contributed by atoms with Crippen LogP contribution in [-0.4, -0.2) is 46.7 Å². The molecule has 1 saturated heterocycles. The number of hydrogen-bond donors (Lipinski definition) is 0. The van der Waals surface area contributed by atoms with E-state index in [4.69, 9.17) is 4.74 Å². The number of rotatable bonds is 5. The first-order chi connectivity index (χ1) is 15.1. The summed E-state index contributed by atoms with van der Waals surface area (Å²) in [4.78, 5) is 29.3. The van der Waals surface area contributed by atoms with Gasteiger partial charge in [0.25, 0.3) is 5.91 Å². The van der Waals surface area contributed by atoms with Crippen molar-refractivity contribution < 1.29 is 14.3 Å². The van der Waals surface area contributed by atoms with Crippen LogP contribution in [0.25, 0.3) is 5.69 Å². The average Bonchev–Trinajstić information content (AvgIpc) is 3.43. The van der Waals surface area contributed by atoms with Gasteiger partial charge in [0.15, 0.2) is 0 Å². The second-order valence-electron chi connectivity index (χ2n) is 7.90. The highest BCUT2D eigenvalue weighted by Crippen LogP contribution is 2.32. The second-order valence-corrected chi connectivity index (χ2v) is 8.79. The van der Waals surface area contributed by atoms with E-state index in [1.54, 1.807) is 29.3 Å². The first-order valence-corrected chi connectivity index (χ1v) is 11.4. The zero-order valence-corrected chi connectivity index (χ0v) is 18.2. The Bertz CT molecular complexity index is 1120. The summed E-state index contributed by atoms with van der Waals surface area (Å²) in [5.74, 6) is 0.939. The number of benzene rings is 1. The Hall–Kier alpha value is -3.13. The van der Waals surface area contributed by atoms with Crippen LogP contribution in [0.1, 0.15) is 40.9 Å². The molecule has 2 amide bonds. The molecule has 0 radical (unpaired) electrons. The maximum absolute atomic E-state index is 13.4. The molecule has 2 aliphatic heterocycles. The molecular weight excluding hydrogens is 412 g/mol. The average molecular weight is 437 g/mol. The van der Waals surface area contributed by atoms with Crippen LogP contribution in [0.3, 0.4) is 0 Å². The smallest absolute Gasteiger partial charge is 0.277 e. The van der Waals surface area contributed by atoms with Crippen molar-refractivity contribution in [3.63, 3.8) is 0 Å². The minimum absolute atomic E-state index is 0.0444. The summed E-state index contributed by atoms with van der Waals surface area (Å²) in [7, 11) is 1.63. The minimum Gasteiger partial charge on any atom is -0.497 e. The van der Waals surface area contributed by atoms with Crippen molar-refractivity contribution in [1.82, 2.24) is 14.7 Å². The van der Waals surface area contributed by atoms with Crippen molar-refractivity contribution in [3.8, 4) is 11.4 Å². The molecule has 1 fully saturated rings. The number of ether oxygens (including phenoxy) is 1. The van der Waals surface area contributed by atoms with Gasteiger partial charge in [-0.15, -0.1) is 11.3 Å². The molecule has 0 bridgehead atoms. The fourth-order valence-electron chi connectivity index (χ4n) is 4.22. The summed E-state index contributed by atoms with van der Waals surface area (Å²) in [6.45, 7) is 2.06. The maximum Gasteiger partial charge on any atom is 0.277 e. The molecule has 0 spiro atoms. The third-order valence-electron chi connectivity index (χ3n) is 5.92. The number of nitrogens with zero attached hydrogens (tertiary/aromatic N) is 4. The summed E-state index contributed by atoms with van der Waals surface area (Å²) >= 11 is 1.55. The molecule has 0 unspecified atom stereocenters. The molecule has 5 rings (SSSR count). The topological polar surface area (TPSA) is 67.7 Å². The monoisotopic (exact) mass is 436 g/mol. The van der Waals surface area contributed by atoms with Crippen LogP contribution in [0.15, 0.2) is 41.9 Å². The predicted octanol–water partition coefficient (Wildman–Crippen LogP) is 3.66. The van der Waals surface area contributed by atoms with Gasteiger partial charge in [0.1, 0.15) is 11.4 Å². The lowest BCUT2D eigenvalue weighted by atomic mass is 10.1. The third kappa shape index (κ3) is 3.72. The van der Waals surface area contributed by atoms with Crippen molar-refractivity contribution in [2.45, 2.75) is 32.2 Å². The van der Waals surface area contributed by atoms with Gasteiger partial charge < -0.3 is 9.64 Å². The van der Waals surface area contributed by atoms with Gasteiger partial charge >= 0.3 is 0 Å². The summed E-state index contributed by atoms with van der Waals surface area (Å²) in [6, 6.07) is 9.57. The van der Waals surface area contributed by atoms with Crippen LogP contribution in [0.4, 0.5) is 5.00 Å². The number of carbonyl (C=O) groups excluding carboxylic acids is 2. The van der Waals surface area contributed by atoms with Gasteiger partial charge in [0.2, 0.25) is 5.91 Å². The van der Waals surface area contributed by atoms with E-state index in [9.17, 15) is 9.59 Å². The van der Waals surface area contributed by atoms with Gasteiger partial charge in [-0.2, -0.15) is 5.10 Å². The lowest BCUT2D eigenvalue weighted by molar-refractivity contribution is -0.133. The van der Waals surface area contributed by atoms with E-state index in [1.807, 2.05) is 40.1 Å². The molecule has 2 aromatic heterocycles. The molecule has 160 valence electrons. The van der Waals surface area contributed by atoms with Crippen molar-refractivity contribution >= 4 is 28.2 Å². The minimum atomic E-state index is -0.0444. The Labute approximate surface area is 184 Å². The Balaban J connectivity index is 1.38. The number of fused-ring (bicyclic) bond motifs is 1. The first kappa shape index (κ1) is 19.8. The number of hydrogen-bond acceptors (Lipinski definition) is 5. The quantitative estimate of drug-likeness (QED) is 0.612. The van der Waals surface area contributed by atoms with E-state index in [-0.39, 0.29) is 11.8 Å². The molecular formula is C23H24N4O3S. The van der Waals surface area contributed by atoms with Crippen LogP contribution in [-0.2, 0) is 17.8 Å². The Kier molecular flexibility index (Phi) is 5.23. The molecule has 2 aliphatic rings. The van der Waals surface area contributed by atoms with Gasteiger partial charge in [-0.3, -0.25) is 14.5 Å². The van der Waals surface area contributed by atoms with E-state index >= 15 is 0 Å². The highest BCUT2D eigenvalue weighted by atomic mass is 32.1.